The van der Waals surface area contributed by atoms with Crippen molar-refractivity contribution >= 4 is 11.3 Å². The molecule has 2 atom stereocenters. The van der Waals surface area contributed by atoms with Gasteiger partial charge in [-0.2, -0.15) is 0 Å². The zero-order valence-electron chi connectivity index (χ0n) is 9.40. The summed E-state index contributed by atoms with van der Waals surface area (Å²) in [4.78, 5) is 2.40. The van der Waals surface area contributed by atoms with Crippen molar-refractivity contribution in [3.63, 3.8) is 0 Å². The van der Waals surface area contributed by atoms with Gasteiger partial charge in [0.15, 0.2) is 0 Å². The second-order valence-corrected chi connectivity index (χ2v) is 5.13. The largest absolute Gasteiger partial charge is 0.760 e. The SMILES string of the molecule is CC(CNS(=O)[O-])C1CN(C(C)C)C1.[Re]. The maximum absolute atomic E-state index is 10.3. The van der Waals surface area contributed by atoms with Gasteiger partial charge >= 0.3 is 0 Å². The first-order valence-corrected chi connectivity index (χ1v) is 6.15. The van der Waals surface area contributed by atoms with Crippen molar-refractivity contribution in [1.82, 2.24) is 9.62 Å². The van der Waals surface area contributed by atoms with Crippen LogP contribution in [0.1, 0.15) is 20.8 Å². The predicted molar refractivity (Wildman–Crippen MR) is 56.3 cm³/mol. The third-order valence-corrected chi connectivity index (χ3v) is 3.40. The molecule has 0 saturated carbocycles. The Balaban J connectivity index is 0.00000196. The number of nitrogens with one attached hydrogen (secondary N) is 1. The molecular formula is C9H19N2O2ReS-. The van der Waals surface area contributed by atoms with Crippen LogP contribution in [0.5, 0.6) is 0 Å². The summed E-state index contributed by atoms with van der Waals surface area (Å²) < 4.78 is 23.0. The number of hydrogen-bond acceptors (Lipinski definition) is 3. The normalized spacial score (nSPS) is 21.9. The van der Waals surface area contributed by atoms with E-state index in [4.69, 9.17) is 0 Å². The molecule has 0 bridgehead atoms. The minimum Gasteiger partial charge on any atom is -0.760 e. The summed E-state index contributed by atoms with van der Waals surface area (Å²) >= 11 is -2.11. The molecule has 1 N–H and O–H groups in total. The first-order valence-electron chi connectivity index (χ1n) is 5.07. The van der Waals surface area contributed by atoms with Crippen LogP contribution in [-0.4, -0.2) is 39.3 Å². The Hall–Kier alpha value is 0.692. The van der Waals surface area contributed by atoms with Crippen LogP contribution in [0.3, 0.4) is 0 Å². The number of likely N-dealkylation sites (tertiary alicyclic amines) is 1. The van der Waals surface area contributed by atoms with Crippen molar-refractivity contribution in [2.45, 2.75) is 26.8 Å². The van der Waals surface area contributed by atoms with Crippen molar-refractivity contribution in [3.8, 4) is 0 Å². The van der Waals surface area contributed by atoms with E-state index in [1.807, 2.05) is 0 Å². The summed E-state index contributed by atoms with van der Waals surface area (Å²) in [6.07, 6.45) is 0. The van der Waals surface area contributed by atoms with Crippen LogP contribution >= 0.6 is 0 Å². The molecule has 0 amide bonds. The minimum atomic E-state index is -2.11. The summed E-state index contributed by atoms with van der Waals surface area (Å²) in [5.41, 5.74) is 0. The van der Waals surface area contributed by atoms with Gasteiger partial charge in [0.25, 0.3) is 0 Å². The van der Waals surface area contributed by atoms with E-state index in [-0.39, 0.29) is 20.4 Å². The molecule has 1 heterocycles. The number of rotatable bonds is 5. The van der Waals surface area contributed by atoms with Crippen LogP contribution in [-0.2, 0) is 31.7 Å². The summed E-state index contributed by atoms with van der Waals surface area (Å²) in [6.45, 7) is 9.24. The average molecular weight is 406 g/mol. The molecule has 1 aliphatic heterocycles. The van der Waals surface area contributed by atoms with Crippen LogP contribution in [0.25, 0.3) is 0 Å². The Kier molecular flexibility index (Phi) is 7.43. The Morgan fingerprint density at radius 3 is 2.40 bits per heavy atom. The zero-order valence-corrected chi connectivity index (χ0v) is 12.9. The van der Waals surface area contributed by atoms with Crippen LogP contribution in [0, 0.1) is 11.8 Å². The topological polar surface area (TPSA) is 55.4 Å². The van der Waals surface area contributed by atoms with Gasteiger partial charge in [0.1, 0.15) is 0 Å². The van der Waals surface area contributed by atoms with Gasteiger partial charge in [-0.15, -0.1) is 0 Å². The fourth-order valence-electron chi connectivity index (χ4n) is 1.70. The zero-order chi connectivity index (χ0) is 10.7. The van der Waals surface area contributed by atoms with E-state index in [1.54, 1.807) is 0 Å². The van der Waals surface area contributed by atoms with E-state index in [0.717, 1.165) is 13.1 Å². The molecule has 15 heavy (non-hydrogen) atoms. The van der Waals surface area contributed by atoms with Gasteiger partial charge in [0.2, 0.25) is 0 Å². The Bertz CT molecular complexity index is 210. The summed E-state index contributed by atoms with van der Waals surface area (Å²) in [6, 6.07) is 0.611. The van der Waals surface area contributed by atoms with Crippen molar-refractivity contribution < 1.29 is 29.2 Å². The molecule has 0 aromatic heterocycles. The molecule has 1 saturated heterocycles. The van der Waals surface area contributed by atoms with Gasteiger partial charge < -0.3 is 9.45 Å². The molecule has 1 aliphatic rings. The van der Waals surface area contributed by atoms with E-state index in [0.29, 0.717) is 24.4 Å². The van der Waals surface area contributed by atoms with Crippen LogP contribution in [0.4, 0.5) is 0 Å². The third kappa shape index (κ3) is 5.03. The second-order valence-electron chi connectivity index (χ2n) is 4.37. The van der Waals surface area contributed by atoms with Crippen molar-refractivity contribution in [1.29, 1.82) is 0 Å². The van der Waals surface area contributed by atoms with Crippen molar-refractivity contribution in [3.05, 3.63) is 0 Å². The van der Waals surface area contributed by atoms with E-state index in [9.17, 15) is 8.76 Å². The van der Waals surface area contributed by atoms with E-state index >= 15 is 0 Å². The third-order valence-electron chi connectivity index (χ3n) is 3.00. The van der Waals surface area contributed by atoms with Crippen LogP contribution < -0.4 is 4.72 Å². The second kappa shape index (κ2) is 7.10. The summed E-state index contributed by atoms with van der Waals surface area (Å²) in [5.74, 6) is 1.08. The summed E-state index contributed by atoms with van der Waals surface area (Å²) in [5, 5.41) is 0. The Morgan fingerprint density at radius 1 is 1.47 bits per heavy atom. The molecule has 0 aliphatic carbocycles. The van der Waals surface area contributed by atoms with Crippen LogP contribution in [0.2, 0.25) is 0 Å². The minimum absolute atomic E-state index is 0. The molecule has 0 aromatic rings. The molecule has 6 heteroatoms. The molecule has 1 radical (unpaired) electrons. The first-order chi connectivity index (χ1) is 6.50. The quantitative estimate of drug-likeness (QED) is 0.672. The Labute approximate surface area is 108 Å². The first kappa shape index (κ1) is 15.7. The molecule has 0 spiro atoms. The van der Waals surface area contributed by atoms with E-state index < -0.39 is 11.3 Å². The summed E-state index contributed by atoms with van der Waals surface area (Å²) in [7, 11) is 0. The van der Waals surface area contributed by atoms with E-state index in [2.05, 4.69) is 30.4 Å². The van der Waals surface area contributed by atoms with Gasteiger partial charge in [-0.05, 0) is 25.7 Å². The Morgan fingerprint density at radius 2 is 2.00 bits per heavy atom. The number of hydrogen-bond donors (Lipinski definition) is 1. The molecule has 4 nitrogen and oxygen atoms in total. The molecule has 91 valence electrons. The standard InChI is InChI=1S/C9H20N2O2S.Re/c1-7(2)11-5-9(6-11)8(3)4-10-14(12)13;/h7-10H,4-6H2,1-3H3,(H,12,13);/p-1. The molecule has 1 rings (SSSR count). The van der Waals surface area contributed by atoms with Gasteiger partial charge in [0, 0.05) is 57.4 Å². The molecule has 0 aromatic carbocycles. The maximum atomic E-state index is 10.3. The van der Waals surface area contributed by atoms with Gasteiger partial charge in [-0.1, -0.05) is 6.92 Å². The van der Waals surface area contributed by atoms with Crippen molar-refractivity contribution in [2.75, 3.05) is 19.6 Å². The van der Waals surface area contributed by atoms with Gasteiger partial charge in [-0.25, -0.2) is 4.72 Å². The smallest absolute Gasteiger partial charge is 0.0181 e. The van der Waals surface area contributed by atoms with Gasteiger partial charge in [0.05, 0.1) is 0 Å². The fourth-order valence-corrected chi connectivity index (χ4v) is 2.10. The van der Waals surface area contributed by atoms with Crippen LogP contribution in [0.15, 0.2) is 0 Å². The predicted octanol–water partition coefficient (Wildman–Crippen LogP) is 0.344. The van der Waals surface area contributed by atoms with Crippen molar-refractivity contribution in [2.24, 2.45) is 11.8 Å². The maximum Gasteiger partial charge on any atom is 0.0181 e. The van der Waals surface area contributed by atoms with E-state index in [1.165, 1.54) is 0 Å². The average Bonchev–Trinajstić information content (AvgIpc) is 1.97. The molecule has 2 unspecified atom stereocenters. The number of nitrogens with zero attached hydrogens (tertiary/aromatic N) is 1. The monoisotopic (exact) mass is 406 g/mol. The molecular weight excluding hydrogens is 386 g/mol. The van der Waals surface area contributed by atoms with Gasteiger partial charge in [-0.3, -0.25) is 4.21 Å². The molecule has 1 fully saturated rings. The fraction of sp³-hybridized carbons (Fsp3) is 1.00.